The van der Waals surface area contributed by atoms with Crippen LogP contribution in [-0.4, -0.2) is 23.9 Å². The van der Waals surface area contributed by atoms with Gasteiger partial charge in [-0.25, -0.2) is 9.59 Å². The first kappa shape index (κ1) is 21.8. The fourth-order valence-corrected chi connectivity index (χ4v) is 2.90. The van der Waals surface area contributed by atoms with E-state index in [9.17, 15) is 14.4 Å². The second-order valence-corrected chi connectivity index (χ2v) is 6.87. The third-order valence-electron chi connectivity index (χ3n) is 4.52. The van der Waals surface area contributed by atoms with Crippen molar-refractivity contribution < 1.29 is 23.9 Å². The van der Waals surface area contributed by atoms with Crippen molar-refractivity contribution in [3.05, 3.63) is 108 Å². The summed E-state index contributed by atoms with van der Waals surface area (Å²) in [6.45, 7) is 0.0271. The van der Waals surface area contributed by atoms with Gasteiger partial charge in [-0.05, 0) is 16.7 Å². The highest BCUT2D eigenvalue weighted by molar-refractivity contribution is 6.36. The summed E-state index contributed by atoms with van der Waals surface area (Å²) in [5, 5.41) is 2.50. The van der Waals surface area contributed by atoms with E-state index in [1.54, 1.807) is 12.1 Å². The van der Waals surface area contributed by atoms with Crippen molar-refractivity contribution in [2.75, 3.05) is 0 Å². The van der Waals surface area contributed by atoms with Crippen molar-refractivity contribution in [1.82, 2.24) is 5.32 Å². The second kappa shape index (κ2) is 11.3. The molecule has 0 aliphatic carbocycles. The Balaban J connectivity index is 1.62. The smallest absolute Gasteiger partial charge is 0.408 e. The molecule has 0 saturated carbocycles. The van der Waals surface area contributed by atoms with Crippen LogP contribution in [0.3, 0.4) is 0 Å². The third kappa shape index (κ3) is 7.12. The summed E-state index contributed by atoms with van der Waals surface area (Å²) >= 11 is 0. The van der Waals surface area contributed by atoms with Gasteiger partial charge in [0.2, 0.25) is 0 Å². The van der Waals surface area contributed by atoms with E-state index < -0.39 is 23.9 Å². The van der Waals surface area contributed by atoms with E-state index in [2.05, 4.69) is 5.32 Å². The Morgan fingerprint density at radius 3 is 1.61 bits per heavy atom. The molecular weight excluding hydrogens is 394 g/mol. The normalized spacial score (nSPS) is 11.2. The number of amides is 1. The Kier molecular flexibility index (Phi) is 7.94. The van der Waals surface area contributed by atoms with Gasteiger partial charge in [0.25, 0.3) is 5.78 Å². The minimum Gasteiger partial charge on any atom is -0.455 e. The molecule has 3 rings (SSSR count). The minimum absolute atomic E-state index is 0.0259. The van der Waals surface area contributed by atoms with Gasteiger partial charge in [0.15, 0.2) is 0 Å². The molecule has 6 nitrogen and oxygen atoms in total. The largest absolute Gasteiger partial charge is 0.455 e. The lowest BCUT2D eigenvalue weighted by atomic mass is 10.0. The molecule has 1 amide bonds. The Morgan fingerprint density at radius 2 is 1.10 bits per heavy atom. The van der Waals surface area contributed by atoms with Gasteiger partial charge in [-0.1, -0.05) is 91.0 Å². The lowest BCUT2D eigenvalue weighted by Crippen LogP contribution is -2.46. The van der Waals surface area contributed by atoms with Crippen LogP contribution in [0.25, 0.3) is 0 Å². The van der Waals surface area contributed by atoms with Crippen molar-refractivity contribution in [1.29, 1.82) is 0 Å². The van der Waals surface area contributed by atoms with E-state index >= 15 is 0 Å². The Morgan fingerprint density at radius 1 is 0.645 bits per heavy atom. The number of nitrogens with one attached hydrogen (secondary N) is 1. The predicted octanol–water partition coefficient (Wildman–Crippen LogP) is 3.84. The number of ether oxygens (including phenoxy) is 2. The van der Waals surface area contributed by atoms with E-state index in [1.165, 1.54) is 0 Å². The van der Waals surface area contributed by atoms with Crippen molar-refractivity contribution in [2.24, 2.45) is 0 Å². The second-order valence-electron chi connectivity index (χ2n) is 6.87. The molecule has 31 heavy (non-hydrogen) atoms. The molecule has 3 aromatic carbocycles. The van der Waals surface area contributed by atoms with Crippen LogP contribution in [0.4, 0.5) is 4.79 Å². The Bertz CT molecular complexity index is 990. The van der Waals surface area contributed by atoms with Gasteiger partial charge in [0.05, 0.1) is 0 Å². The van der Waals surface area contributed by atoms with Gasteiger partial charge in [-0.3, -0.25) is 4.79 Å². The minimum atomic E-state index is -1.10. The molecule has 1 atom stereocenters. The standard InChI is InChI=1S/C25H23NO5/c27-23(24(28)30-17-20-12-6-2-7-13-20)22(16-19-10-4-1-5-11-19)26-25(29)31-18-21-14-8-3-9-15-21/h1-15,22H,16-18H2,(H,26,29)/t22-/m0/s1. The molecule has 158 valence electrons. The topological polar surface area (TPSA) is 81.7 Å². The number of hydrogen-bond donors (Lipinski definition) is 1. The quantitative estimate of drug-likeness (QED) is 0.423. The van der Waals surface area contributed by atoms with Crippen molar-refractivity contribution in [3.8, 4) is 0 Å². The number of carbonyl (C=O) groups is 3. The molecule has 6 heteroatoms. The molecule has 0 aromatic heterocycles. The van der Waals surface area contributed by atoms with Crippen LogP contribution in [0.15, 0.2) is 91.0 Å². The first-order valence-electron chi connectivity index (χ1n) is 9.88. The number of alkyl carbamates (subject to hydrolysis) is 1. The summed E-state index contributed by atoms with van der Waals surface area (Å²) in [5.74, 6) is -1.84. The Labute approximate surface area is 180 Å². The van der Waals surface area contributed by atoms with Crippen molar-refractivity contribution >= 4 is 17.8 Å². The van der Waals surface area contributed by atoms with E-state index in [4.69, 9.17) is 9.47 Å². The Hall–Kier alpha value is -3.93. The summed E-state index contributed by atoms with van der Waals surface area (Å²) in [5.41, 5.74) is 2.37. The van der Waals surface area contributed by atoms with Crippen LogP contribution < -0.4 is 5.32 Å². The number of carbonyl (C=O) groups excluding carboxylic acids is 3. The summed E-state index contributed by atoms with van der Waals surface area (Å²) < 4.78 is 10.3. The number of Topliss-reactive ketones (excluding diaryl/α,β-unsaturated/α-hetero) is 1. The average molecular weight is 417 g/mol. The van der Waals surface area contributed by atoms with E-state index in [1.807, 2.05) is 78.9 Å². The van der Waals surface area contributed by atoms with Gasteiger partial charge >= 0.3 is 12.1 Å². The maximum absolute atomic E-state index is 12.7. The van der Waals surface area contributed by atoms with Crippen LogP contribution in [0.1, 0.15) is 16.7 Å². The van der Waals surface area contributed by atoms with Crippen LogP contribution in [0.2, 0.25) is 0 Å². The molecule has 3 aromatic rings. The molecular formula is C25H23NO5. The zero-order valence-corrected chi connectivity index (χ0v) is 16.9. The highest BCUT2D eigenvalue weighted by Crippen LogP contribution is 2.08. The number of ketones is 1. The molecule has 0 aliphatic heterocycles. The molecule has 1 N–H and O–H groups in total. The van der Waals surface area contributed by atoms with Crippen LogP contribution >= 0.6 is 0 Å². The molecule has 0 fully saturated rings. The highest BCUT2D eigenvalue weighted by atomic mass is 16.6. The lowest BCUT2D eigenvalue weighted by molar-refractivity contribution is -0.155. The van der Waals surface area contributed by atoms with Gasteiger partial charge < -0.3 is 14.8 Å². The number of rotatable bonds is 9. The third-order valence-corrected chi connectivity index (χ3v) is 4.52. The summed E-state index contributed by atoms with van der Waals surface area (Å²) in [7, 11) is 0. The van der Waals surface area contributed by atoms with E-state index in [0.29, 0.717) is 0 Å². The maximum atomic E-state index is 12.7. The summed E-state index contributed by atoms with van der Waals surface area (Å²) in [6.07, 6.45) is -0.644. The number of hydrogen-bond acceptors (Lipinski definition) is 5. The van der Waals surface area contributed by atoms with E-state index in [-0.39, 0.29) is 19.6 Å². The summed E-state index contributed by atoms with van der Waals surface area (Å²) in [4.78, 5) is 37.4. The zero-order valence-electron chi connectivity index (χ0n) is 16.9. The number of benzene rings is 3. The van der Waals surface area contributed by atoms with Gasteiger partial charge in [-0.2, -0.15) is 0 Å². The van der Waals surface area contributed by atoms with Crippen LogP contribution in [0, 0.1) is 0 Å². The lowest BCUT2D eigenvalue weighted by Gasteiger charge is -2.17. The monoisotopic (exact) mass is 417 g/mol. The fraction of sp³-hybridized carbons (Fsp3) is 0.160. The average Bonchev–Trinajstić information content (AvgIpc) is 2.82. The van der Waals surface area contributed by atoms with Gasteiger partial charge in [0.1, 0.15) is 19.3 Å². The SMILES string of the molecule is O=C(N[C@@H](Cc1ccccc1)C(=O)C(=O)OCc1ccccc1)OCc1ccccc1. The molecule has 0 unspecified atom stereocenters. The summed E-state index contributed by atoms with van der Waals surface area (Å²) in [6, 6.07) is 26.2. The first-order chi connectivity index (χ1) is 15.1. The first-order valence-corrected chi connectivity index (χ1v) is 9.88. The van der Waals surface area contributed by atoms with Gasteiger partial charge in [-0.15, -0.1) is 0 Å². The van der Waals surface area contributed by atoms with Crippen molar-refractivity contribution in [2.45, 2.75) is 25.7 Å². The van der Waals surface area contributed by atoms with E-state index in [0.717, 1.165) is 16.7 Å². The van der Waals surface area contributed by atoms with Crippen molar-refractivity contribution in [3.63, 3.8) is 0 Å². The molecule has 0 bridgehead atoms. The molecule has 0 aliphatic rings. The molecule has 0 heterocycles. The number of esters is 1. The van der Waals surface area contributed by atoms with Crippen LogP contribution in [0.5, 0.6) is 0 Å². The van der Waals surface area contributed by atoms with Crippen LogP contribution in [-0.2, 0) is 38.7 Å². The molecule has 0 saturated heterocycles. The predicted molar refractivity (Wildman–Crippen MR) is 115 cm³/mol. The molecule has 0 radical (unpaired) electrons. The fourth-order valence-electron chi connectivity index (χ4n) is 2.90. The maximum Gasteiger partial charge on any atom is 0.408 e. The highest BCUT2D eigenvalue weighted by Gasteiger charge is 2.29. The zero-order chi connectivity index (χ0) is 21.9. The molecule has 0 spiro atoms. The van der Waals surface area contributed by atoms with Gasteiger partial charge in [0, 0.05) is 6.42 Å².